The van der Waals surface area contributed by atoms with Gasteiger partial charge in [-0.25, -0.2) is 0 Å². The number of piperazine rings is 1. The zero-order valence-corrected chi connectivity index (χ0v) is 11.5. The van der Waals surface area contributed by atoms with E-state index in [1.54, 1.807) is 0 Å². The van der Waals surface area contributed by atoms with Crippen molar-refractivity contribution < 1.29 is 4.74 Å². The normalized spacial score (nSPS) is 26.1. The lowest BCUT2D eigenvalue weighted by molar-refractivity contribution is -0.0108. The molecule has 0 aromatic carbocycles. The van der Waals surface area contributed by atoms with Crippen LogP contribution in [0.4, 0.5) is 0 Å². The van der Waals surface area contributed by atoms with Crippen LogP contribution in [0.5, 0.6) is 0 Å². The van der Waals surface area contributed by atoms with Gasteiger partial charge in [-0.2, -0.15) is 0 Å². The fraction of sp³-hybridized carbons (Fsp3) is 1.00. The largest absolute Gasteiger partial charge is 0.378 e. The standard InChI is InChI=1S/C13H27N3O/c1-11(2)13(8-14-12-9-17-10-12)16-6-4-15(3)5-7-16/h11-14H,4-10H2,1-3H3. The van der Waals surface area contributed by atoms with Crippen LogP contribution >= 0.6 is 0 Å². The highest BCUT2D eigenvalue weighted by molar-refractivity contribution is 4.84. The molecule has 2 saturated heterocycles. The first-order valence-electron chi connectivity index (χ1n) is 6.90. The quantitative estimate of drug-likeness (QED) is 0.746. The number of likely N-dealkylation sites (N-methyl/N-ethyl adjacent to an activating group) is 1. The van der Waals surface area contributed by atoms with Crippen LogP contribution in [0.1, 0.15) is 13.8 Å². The molecule has 100 valence electrons. The van der Waals surface area contributed by atoms with E-state index in [1.165, 1.54) is 26.2 Å². The van der Waals surface area contributed by atoms with Crippen molar-refractivity contribution in [2.45, 2.75) is 25.9 Å². The molecular formula is C13H27N3O. The van der Waals surface area contributed by atoms with E-state index in [9.17, 15) is 0 Å². The molecule has 1 atom stereocenters. The Morgan fingerprint density at radius 2 is 1.82 bits per heavy atom. The molecule has 1 N–H and O–H groups in total. The van der Waals surface area contributed by atoms with Gasteiger partial charge in [0.25, 0.3) is 0 Å². The molecule has 0 aliphatic carbocycles. The third-order valence-electron chi connectivity index (χ3n) is 4.03. The van der Waals surface area contributed by atoms with Gasteiger partial charge in [0.05, 0.1) is 19.3 Å². The molecule has 1 unspecified atom stereocenters. The molecule has 2 rings (SSSR count). The van der Waals surface area contributed by atoms with Gasteiger partial charge in [0.2, 0.25) is 0 Å². The molecule has 2 aliphatic heterocycles. The van der Waals surface area contributed by atoms with Crippen molar-refractivity contribution in [3.63, 3.8) is 0 Å². The molecule has 4 nitrogen and oxygen atoms in total. The molecule has 2 fully saturated rings. The lowest BCUT2D eigenvalue weighted by atomic mass is 10.0. The highest BCUT2D eigenvalue weighted by atomic mass is 16.5. The highest BCUT2D eigenvalue weighted by Crippen LogP contribution is 2.13. The molecular weight excluding hydrogens is 214 g/mol. The Kier molecular flexibility index (Phi) is 4.79. The molecule has 4 heteroatoms. The van der Waals surface area contributed by atoms with Crippen molar-refractivity contribution in [1.29, 1.82) is 0 Å². The van der Waals surface area contributed by atoms with Gasteiger partial charge in [0.1, 0.15) is 0 Å². The van der Waals surface area contributed by atoms with Gasteiger partial charge in [-0.1, -0.05) is 13.8 Å². The Morgan fingerprint density at radius 3 is 2.29 bits per heavy atom. The number of hydrogen-bond acceptors (Lipinski definition) is 4. The fourth-order valence-electron chi connectivity index (χ4n) is 2.58. The average molecular weight is 241 g/mol. The lowest BCUT2D eigenvalue weighted by Crippen LogP contribution is -2.56. The summed E-state index contributed by atoms with van der Waals surface area (Å²) in [5.41, 5.74) is 0. The Bertz CT molecular complexity index is 223. The zero-order valence-electron chi connectivity index (χ0n) is 11.5. The summed E-state index contributed by atoms with van der Waals surface area (Å²) in [6, 6.07) is 1.27. The van der Waals surface area contributed by atoms with Crippen molar-refractivity contribution in [1.82, 2.24) is 15.1 Å². The monoisotopic (exact) mass is 241 g/mol. The van der Waals surface area contributed by atoms with Crippen LogP contribution in [-0.2, 0) is 4.74 Å². The Hall–Kier alpha value is -0.160. The second-order valence-corrected chi connectivity index (χ2v) is 5.79. The maximum absolute atomic E-state index is 5.20. The SMILES string of the molecule is CC(C)C(CNC1COC1)N1CCN(C)CC1. The molecule has 0 amide bonds. The summed E-state index contributed by atoms with van der Waals surface area (Å²) >= 11 is 0. The number of rotatable bonds is 5. The van der Waals surface area contributed by atoms with E-state index < -0.39 is 0 Å². The van der Waals surface area contributed by atoms with E-state index in [2.05, 4.69) is 36.0 Å². The van der Waals surface area contributed by atoms with Crippen molar-refractivity contribution in [2.24, 2.45) is 5.92 Å². The number of nitrogens with one attached hydrogen (secondary N) is 1. The summed E-state index contributed by atoms with van der Waals surface area (Å²) in [5.74, 6) is 0.715. The van der Waals surface area contributed by atoms with Crippen LogP contribution in [0.25, 0.3) is 0 Å². The number of ether oxygens (including phenoxy) is 1. The molecule has 0 radical (unpaired) electrons. The molecule has 0 bridgehead atoms. The minimum Gasteiger partial charge on any atom is -0.378 e. The molecule has 2 aliphatic rings. The Balaban J connectivity index is 1.78. The summed E-state index contributed by atoms with van der Waals surface area (Å²) in [6.45, 7) is 12.4. The predicted molar refractivity (Wildman–Crippen MR) is 70.3 cm³/mol. The Labute approximate surface area is 105 Å². The lowest BCUT2D eigenvalue weighted by Gasteiger charge is -2.41. The van der Waals surface area contributed by atoms with Crippen molar-refractivity contribution in [3.8, 4) is 0 Å². The predicted octanol–water partition coefficient (Wildman–Crippen LogP) is 0.247. The smallest absolute Gasteiger partial charge is 0.0643 e. The topological polar surface area (TPSA) is 27.7 Å². The summed E-state index contributed by atoms with van der Waals surface area (Å²) in [4.78, 5) is 5.07. The van der Waals surface area contributed by atoms with Gasteiger partial charge in [0.15, 0.2) is 0 Å². The van der Waals surface area contributed by atoms with E-state index in [4.69, 9.17) is 4.74 Å². The first-order valence-corrected chi connectivity index (χ1v) is 6.90. The van der Waals surface area contributed by atoms with Crippen LogP contribution in [0.2, 0.25) is 0 Å². The van der Waals surface area contributed by atoms with E-state index in [0.717, 1.165) is 19.8 Å². The second kappa shape index (κ2) is 6.14. The third-order valence-corrected chi connectivity index (χ3v) is 4.03. The summed E-state index contributed by atoms with van der Waals surface area (Å²) < 4.78 is 5.20. The second-order valence-electron chi connectivity index (χ2n) is 5.79. The minimum atomic E-state index is 0.601. The van der Waals surface area contributed by atoms with Crippen molar-refractivity contribution in [3.05, 3.63) is 0 Å². The third kappa shape index (κ3) is 3.65. The molecule has 0 spiro atoms. The van der Waals surface area contributed by atoms with Gasteiger partial charge in [-0.05, 0) is 13.0 Å². The van der Waals surface area contributed by atoms with Gasteiger partial charge in [-0.15, -0.1) is 0 Å². The van der Waals surface area contributed by atoms with Crippen LogP contribution in [0, 0.1) is 5.92 Å². The molecule has 0 saturated carbocycles. The van der Waals surface area contributed by atoms with Gasteiger partial charge < -0.3 is 15.0 Å². The first-order chi connectivity index (χ1) is 8.16. The van der Waals surface area contributed by atoms with Crippen molar-refractivity contribution in [2.75, 3.05) is 53.0 Å². The van der Waals surface area contributed by atoms with Gasteiger partial charge in [-0.3, -0.25) is 4.90 Å². The zero-order chi connectivity index (χ0) is 12.3. The number of hydrogen-bond donors (Lipinski definition) is 1. The van der Waals surface area contributed by atoms with Crippen LogP contribution < -0.4 is 5.32 Å². The van der Waals surface area contributed by atoms with E-state index in [1.807, 2.05) is 0 Å². The average Bonchev–Trinajstić information content (AvgIpc) is 2.23. The molecule has 17 heavy (non-hydrogen) atoms. The van der Waals surface area contributed by atoms with Crippen LogP contribution in [0.3, 0.4) is 0 Å². The van der Waals surface area contributed by atoms with E-state index in [0.29, 0.717) is 18.0 Å². The summed E-state index contributed by atoms with van der Waals surface area (Å²) in [6.07, 6.45) is 0. The van der Waals surface area contributed by atoms with E-state index in [-0.39, 0.29) is 0 Å². The van der Waals surface area contributed by atoms with Crippen molar-refractivity contribution >= 4 is 0 Å². The Morgan fingerprint density at radius 1 is 1.18 bits per heavy atom. The first kappa shape index (κ1) is 13.3. The molecule has 0 aromatic rings. The van der Waals surface area contributed by atoms with Crippen LogP contribution in [-0.4, -0.2) is 74.9 Å². The molecule has 2 heterocycles. The minimum absolute atomic E-state index is 0.601. The summed E-state index contributed by atoms with van der Waals surface area (Å²) in [7, 11) is 2.21. The molecule has 0 aromatic heterocycles. The fourth-order valence-corrected chi connectivity index (χ4v) is 2.58. The maximum atomic E-state index is 5.20. The van der Waals surface area contributed by atoms with Gasteiger partial charge >= 0.3 is 0 Å². The van der Waals surface area contributed by atoms with Crippen LogP contribution in [0.15, 0.2) is 0 Å². The number of nitrogens with zero attached hydrogens (tertiary/aromatic N) is 2. The van der Waals surface area contributed by atoms with E-state index >= 15 is 0 Å². The highest BCUT2D eigenvalue weighted by Gasteiger charge is 2.26. The maximum Gasteiger partial charge on any atom is 0.0643 e. The van der Waals surface area contributed by atoms with Gasteiger partial charge in [0, 0.05) is 38.8 Å². The summed E-state index contributed by atoms with van der Waals surface area (Å²) in [5, 5.41) is 3.63.